The lowest BCUT2D eigenvalue weighted by Gasteiger charge is -2.30. The maximum atomic E-state index is 12.7. The molecule has 29 heavy (non-hydrogen) atoms. The van der Waals surface area contributed by atoms with Crippen molar-refractivity contribution in [1.29, 1.82) is 0 Å². The summed E-state index contributed by atoms with van der Waals surface area (Å²) in [6, 6.07) is 6.70. The topological polar surface area (TPSA) is 108 Å². The van der Waals surface area contributed by atoms with Crippen LogP contribution in [0.25, 0.3) is 10.1 Å². The molecule has 1 aliphatic carbocycles. The van der Waals surface area contributed by atoms with Crippen LogP contribution in [0.15, 0.2) is 24.3 Å². The second-order valence-corrected chi connectivity index (χ2v) is 8.60. The first-order valence-electron chi connectivity index (χ1n) is 9.33. The molecule has 0 radical (unpaired) electrons. The van der Waals surface area contributed by atoms with E-state index in [9.17, 15) is 19.2 Å². The highest BCUT2D eigenvalue weighted by Gasteiger charge is 2.52. The fraction of sp³-hybridized carbons (Fsp3) is 0.368. The van der Waals surface area contributed by atoms with E-state index in [0.29, 0.717) is 27.8 Å². The summed E-state index contributed by atoms with van der Waals surface area (Å²) in [4.78, 5) is 49.8. The zero-order valence-corrected chi connectivity index (χ0v) is 17.0. The molecule has 1 saturated heterocycles. The Hall–Kier alpha value is -2.65. The molecule has 5 amide bonds. The van der Waals surface area contributed by atoms with Crippen LogP contribution in [-0.2, 0) is 9.59 Å². The number of rotatable bonds is 4. The van der Waals surface area contributed by atoms with Gasteiger partial charge in [0, 0.05) is 10.1 Å². The van der Waals surface area contributed by atoms with Gasteiger partial charge in [-0.1, -0.05) is 49.1 Å². The number of amides is 5. The van der Waals surface area contributed by atoms with Crippen LogP contribution in [0.2, 0.25) is 5.02 Å². The van der Waals surface area contributed by atoms with E-state index < -0.39 is 35.8 Å². The highest BCUT2D eigenvalue weighted by atomic mass is 35.5. The summed E-state index contributed by atoms with van der Waals surface area (Å²) < 4.78 is 0.865. The molecule has 2 aromatic rings. The van der Waals surface area contributed by atoms with Gasteiger partial charge in [0.15, 0.2) is 0 Å². The minimum Gasteiger partial charge on any atom is -0.342 e. The average Bonchev–Trinajstić information content (AvgIpc) is 3.17. The van der Waals surface area contributed by atoms with E-state index in [1.807, 2.05) is 24.3 Å². The molecule has 2 aliphatic rings. The summed E-state index contributed by atoms with van der Waals surface area (Å²) in [6.45, 7) is -0.395. The third-order valence-corrected chi connectivity index (χ3v) is 6.93. The Labute approximate surface area is 175 Å². The Morgan fingerprint density at radius 3 is 2.62 bits per heavy atom. The van der Waals surface area contributed by atoms with Crippen molar-refractivity contribution in [3.63, 3.8) is 0 Å². The Morgan fingerprint density at radius 1 is 1.17 bits per heavy atom. The molecule has 0 atom stereocenters. The monoisotopic (exact) mass is 434 g/mol. The number of halogens is 1. The molecule has 2 heterocycles. The number of nitrogens with zero attached hydrogens (tertiary/aromatic N) is 1. The number of benzene rings is 1. The van der Waals surface area contributed by atoms with Crippen molar-refractivity contribution in [2.45, 2.75) is 37.6 Å². The molecule has 1 aromatic heterocycles. The lowest BCUT2D eigenvalue weighted by molar-refractivity contribution is -0.139. The summed E-state index contributed by atoms with van der Waals surface area (Å²) in [7, 11) is 0. The summed E-state index contributed by atoms with van der Waals surface area (Å²) in [6.07, 6.45) is 3.83. The van der Waals surface area contributed by atoms with Gasteiger partial charge >= 0.3 is 6.03 Å². The van der Waals surface area contributed by atoms with Crippen LogP contribution >= 0.6 is 22.9 Å². The van der Waals surface area contributed by atoms with Crippen molar-refractivity contribution in [1.82, 2.24) is 21.1 Å². The van der Waals surface area contributed by atoms with E-state index in [4.69, 9.17) is 11.6 Å². The first-order chi connectivity index (χ1) is 13.9. The summed E-state index contributed by atoms with van der Waals surface area (Å²) in [5, 5.41) is 7.00. The van der Waals surface area contributed by atoms with Crippen LogP contribution in [0.4, 0.5) is 4.79 Å². The predicted octanol–water partition coefficient (Wildman–Crippen LogP) is 2.57. The number of thiophene rings is 1. The molecule has 10 heteroatoms. The Morgan fingerprint density at radius 2 is 1.90 bits per heavy atom. The van der Waals surface area contributed by atoms with Gasteiger partial charge < -0.3 is 10.6 Å². The predicted molar refractivity (Wildman–Crippen MR) is 109 cm³/mol. The van der Waals surface area contributed by atoms with Gasteiger partial charge in [-0.15, -0.1) is 11.3 Å². The zero-order valence-electron chi connectivity index (χ0n) is 15.4. The standard InChI is InChI=1S/C19H19ClN4O4S/c20-14-11-6-2-3-7-12(11)29-15(14)16(26)21-10-13(25)23-24-17(27)19(22-18(24)28)8-4-1-5-9-19/h2-3,6-7H,1,4-5,8-10H2,(H,21,26)(H,22,28)(H,23,25). The number of fused-ring (bicyclic) bond motifs is 1. The number of hydrogen-bond donors (Lipinski definition) is 3. The van der Waals surface area contributed by atoms with Crippen molar-refractivity contribution in [2.75, 3.05) is 6.54 Å². The normalized spacial score (nSPS) is 18.2. The maximum absolute atomic E-state index is 12.7. The molecule has 0 bridgehead atoms. The second kappa shape index (κ2) is 7.64. The van der Waals surface area contributed by atoms with Crippen molar-refractivity contribution < 1.29 is 19.2 Å². The zero-order chi connectivity index (χ0) is 20.6. The van der Waals surface area contributed by atoms with Gasteiger partial charge in [0.2, 0.25) is 0 Å². The van der Waals surface area contributed by atoms with Crippen LogP contribution < -0.4 is 16.1 Å². The molecule has 4 rings (SSSR count). The lowest BCUT2D eigenvalue weighted by atomic mass is 9.82. The van der Waals surface area contributed by atoms with Gasteiger partial charge in [0.25, 0.3) is 17.7 Å². The molecule has 3 N–H and O–H groups in total. The third kappa shape index (κ3) is 3.56. The number of hydrazine groups is 1. The van der Waals surface area contributed by atoms with E-state index >= 15 is 0 Å². The molecule has 0 unspecified atom stereocenters. The Bertz CT molecular complexity index is 1010. The SMILES string of the molecule is O=C(CNC(=O)c1sc2ccccc2c1Cl)NN1C(=O)NC2(CCCCC2)C1=O. The van der Waals surface area contributed by atoms with Gasteiger partial charge in [0.1, 0.15) is 10.4 Å². The minimum atomic E-state index is -0.920. The highest BCUT2D eigenvalue weighted by Crippen LogP contribution is 2.35. The van der Waals surface area contributed by atoms with Gasteiger partial charge in [-0.2, -0.15) is 5.01 Å². The molecule has 1 aliphatic heterocycles. The Balaban J connectivity index is 1.37. The fourth-order valence-corrected chi connectivity index (χ4v) is 5.21. The van der Waals surface area contributed by atoms with E-state index in [1.165, 1.54) is 11.3 Å². The molecule has 1 aromatic carbocycles. The van der Waals surface area contributed by atoms with Gasteiger partial charge in [-0.25, -0.2) is 4.79 Å². The molecular formula is C19H19ClN4O4S. The molecule has 8 nitrogen and oxygen atoms in total. The van der Waals surface area contributed by atoms with E-state index in [1.54, 1.807) is 0 Å². The van der Waals surface area contributed by atoms with E-state index in [-0.39, 0.29) is 0 Å². The van der Waals surface area contributed by atoms with Crippen molar-refractivity contribution in [3.8, 4) is 0 Å². The number of carbonyl (C=O) groups is 4. The van der Waals surface area contributed by atoms with E-state index in [0.717, 1.165) is 29.3 Å². The minimum absolute atomic E-state index is 0.303. The lowest BCUT2D eigenvalue weighted by Crippen LogP contribution is -2.52. The fourth-order valence-electron chi connectivity index (χ4n) is 3.78. The van der Waals surface area contributed by atoms with Crippen LogP contribution in [0.1, 0.15) is 41.8 Å². The van der Waals surface area contributed by atoms with Crippen LogP contribution in [-0.4, -0.2) is 40.8 Å². The molecular weight excluding hydrogens is 416 g/mol. The molecule has 152 valence electrons. The smallest absolute Gasteiger partial charge is 0.342 e. The van der Waals surface area contributed by atoms with E-state index in [2.05, 4.69) is 16.1 Å². The second-order valence-electron chi connectivity index (χ2n) is 7.17. The third-order valence-electron chi connectivity index (χ3n) is 5.26. The quantitative estimate of drug-likeness (QED) is 0.642. The average molecular weight is 435 g/mol. The summed E-state index contributed by atoms with van der Waals surface area (Å²) in [5.74, 6) is -1.62. The van der Waals surface area contributed by atoms with Crippen LogP contribution in [0.5, 0.6) is 0 Å². The first-order valence-corrected chi connectivity index (χ1v) is 10.5. The van der Waals surface area contributed by atoms with Crippen LogP contribution in [0.3, 0.4) is 0 Å². The molecule has 2 fully saturated rings. The highest BCUT2D eigenvalue weighted by molar-refractivity contribution is 7.21. The first kappa shape index (κ1) is 19.7. The number of nitrogens with one attached hydrogen (secondary N) is 3. The number of carbonyl (C=O) groups excluding carboxylic acids is 4. The number of urea groups is 1. The van der Waals surface area contributed by atoms with Crippen molar-refractivity contribution in [3.05, 3.63) is 34.2 Å². The van der Waals surface area contributed by atoms with Gasteiger partial charge in [-0.3, -0.25) is 19.8 Å². The number of hydrogen-bond acceptors (Lipinski definition) is 5. The summed E-state index contributed by atoms with van der Waals surface area (Å²) >= 11 is 7.50. The molecule has 1 saturated carbocycles. The van der Waals surface area contributed by atoms with Crippen molar-refractivity contribution in [2.24, 2.45) is 0 Å². The van der Waals surface area contributed by atoms with Gasteiger partial charge in [-0.05, 0) is 18.9 Å². The van der Waals surface area contributed by atoms with Crippen molar-refractivity contribution >= 4 is 56.8 Å². The number of imide groups is 1. The Kier molecular flexibility index (Phi) is 5.18. The van der Waals surface area contributed by atoms with Crippen LogP contribution in [0, 0.1) is 0 Å². The maximum Gasteiger partial charge on any atom is 0.344 e. The van der Waals surface area contributed by atoms with Gasteiger partial charge in [0.05, 0.1) is 11.6 Å². The molecule has 1 spiro atoms. The summed E-state index contributed by atoms with van der Waals surface area (Å²) in [5.41, 5.74) is 1.37. The largest absolute Gasteiger partial charge is 0.344 e.